The quantitative estimate of drug-likeness (QED) is 0.729. The van der Waals surface area contributed by atoms with E-state index in [0.717, 1.165) is 19.4 Å². The Morgan fingerprint density at radius 3 is 2.82 bits per heavy atom. The van der Waals surface area contributed by atoms with Crippen molar-refractivity contribution < 1.29 is 13.2 Å². The van der Waals surface area contributed by atoms with Crippen LogP contribution in [0.4, 0.5) is 0 Å². The number of amides is 1. The molecule has 2 aliphatic rings. The van der Waals surface area contributed by atoms with Gasteiger partial charge in [0.25, 0.3) is 0 Å². The van der Waals surface area contributed by atoms with Crippen LogP contribution in [0.15, 0.2) is 0 Å². The highest BCUT2D eigenvalue weighted by Crippen LogP contribution is 2.20. The van der Waals surface area contributed by atoms with Gasteiger partial charge in [-0.3, -0.25) is 4.79 Å². The molecule has 6 heteroatoms. The van der Waals surface area contributed by atoms with E-state index in [-0.39, 0.29) is 28.9 Å². The molecule has 5 nitrogen and oxygen atoms in total. The fourth-order valence-corrected chi connectivity index (χ4v) is 4.28. The van der Waals surface area contributed by atoms with Gasteiger partial charge in [0, 0.05) is 12.1 Å². The fourth-order valence-electron chi connectivity index (χ4n) is 2.54. The Morgan fingerprint density at radius 1 is 1.53 bits per heavy atom. The summed E-state index contributed by atoms with van der Waals surface area (Å²) in [6, 6.07) is 0. The molecule has 0 aromatic carbocycles. The first-order chi connectivity index (χ1) is 7.90. The molecule has 98 valence electrons. The van der Waals surface area contributed by atoms with E-state index in [1.54, 1.807) is 0 Å². The first-order valence-electron chi connectivity index (χ1n) is 6.13. The van der Waals surface area contributed by atoms with E-state index < -0.39 is 9.84 Å². The zero-order valence-corrected chi connectivity index (χ0v) is 11.0. The Bertz CT molecular complexity index is 399. The van der Waals surface area contributed by atoms with Crippen molar-refractivity contribution in [1.82, 2.24) is 10.6 Å². The van der Waals surface area contributed by atoms with Crippen LogP contribution >= 0.6 is 0 Å². The minimum Gasteiger partial charge on any atom is -0.354 e. The van der Waals surface area contributed by atoms with E-state index in [4.69, 9.17) is 0 Å². The summed E-state index contributed by atoms with van der Waals surface area (Å²) in [5.74, 6) is -0.283. The summed E-state index contributed by atoms with van der Waals surface area (Å²) >= 11 is 0. The van der Waals surface area contributed by atoms with Gasteiger partial charge in [-0.05, 0) is 32.7 Å². The fraction of sp³-hybridized carbons (Fsp3) is 0.909. The Kier molecular flexibility index (Phi) is 3.45. The second-order valence-electron chi connectivity index (χ2n) is 5.41. The van der Waals surface area contributed by atoms with Gasteiger partial charge in [-0.2, -0.15) is 0 Å². The van der Waals surface area contributed by atoms with Crippen molar-refractivity contribution in [3.8, 4) is 0 Å². The second-order valence-corrected chi connectivity index (χ2v) is 7.64. The van der Waals surface area contributed by atoms with E-state index in [1.165, 1.54) is 0 Å². The van der Waals surface area contributed by atoms with Gasteiger partial charge < -0.3 is 10.6 Å². The number of carbonyl (C=O) groups excluding carboxylic acids is 1. The first kappa shape index (κ1) is 12.8. The van der Waals surface area contributed by atoms with Crippen LogP contribution in [0.2, 0.25) is 0 Å². The largest absolute Gasteiger partial charge is 0.354 e. The Morgan fingerprint density at radius 2 is 2.29 bits per heavy atom. The molecular weight excluding hydrogens is 240 g/mol. The van der Waals surface area contributed by atoms with Crippen LogP contribution in [-0.4, -0.2) is 44.5 Å². The van der Waals surface area contributed by atoms with E-state index in [9.17, 15) is 13.2 Å². The highest BCUT2D eigenvalue weighted by atomic mass is 32.2. The summed E-state index contributed by atoms with van der Waals surface area (Å²) in [5.41, 5.74) is -0.0207. The molecular formula is C11H20N2O3S. The summed E-state index contributed by atoms with van der Waals surface area (Å²) in [5, 5.41) is 6.24. The average Bonchev–Trinajstić information content (AvgIpc) is 2.82. The topological polar surface area (TPSA) is 75.3 Å². The normalized spacial score (nSPS) is 35.9. The molecule has 2 atom stereocenters. The summed E-state index contributed by atoms with van der Waals surface area (Å²) in [7, 11) is -2.97. The molecule has 0 aromatic rings. The monoisotopic (exact) mass is 260 g/mol. The maximum absolute atomic E-state index is 11.8. The molecule has 0 bridgehead atoms. The third-order valence-electron chi connectivity index (χ3n) is 3.71. The van der Waals surface area contributed by atoms with Crippen molar-refractivity contribution in [2.45, 2.75) is 31.7 Å². The van der Waals surface area contributed by atoms with Crippen LogP contribution in [-0.2, 0) is 14.6 Å². The van der Waals surface area contributed by atoms with Crippen LogP contribution in [0.5, 0.6) is 0 Å². The highest BCUT2D eigenvalue weighted by molar-refractivity contribution is 7.91. The van der Waals surface area contributed by atoms with Crippen LogP contribution in [0.3, 0.4) is 0 Å². The molecule has 2 rings (SSSR count). The molecule has 0 radical (unpaired) electrons. The van der Waals surface area contributed by atoms with Gasteiger partial charge in [0.1, 0.15) is 0 Å². The van der Waals surface area contributed by atoms with Crippen molar-refractivity contribution in [2.75, 3.05) is 24.6 Å². The zero-order valence-electron chi connectivity index (χ0n) is 10.2. The highest BCUT2D eigenvalue weighted by Gasteiger charge is 2.34. The number of sulfone groups is 1. The van der Waals surface area contributed by atoms with Crippen LogP contribution in [0.1, 0.15) is 26.2 Å². The number of nitrogens with one attached hydrogen (secondary N) is 2. The van der Waals surface area contributed by atoms with Gasteiger partial charge >= 0.3 is 0 Å². The molecule has 2 heterocycles. The third-order valence-corrected chi connectivity index (χ3v) is 5.48. The van der Waals surface area contributed by atoms with Gasteiger partial charge in [-0.25, -0.2) is 8.42 Å². The van der Waals surface area contributed by atoms with E-state index >= 15 is 0 Å². The number of carbonyl (C=O) groups is 1. The minimum absolute atomic E-state index is 0.0168. The molecule has 2 fully saturated rings. The van der Waals surface area contributed by atoms with Crippen molar-refractivity contribution in [1.29, 1.82) is 0 Å². The van der Waals surface area contributed by atoms with Gasteiger partial charge in [-0.15, -0.1) is 0 Å². The van der Waals surface area contributed by atoms with Crippen molar-refractivity contribution >= 4 is 15.7 Å². The Labute approximate surface area is 102 Å². The van der Waals surface area contributed by atoms with E-state index in [2.05, 4.69) is 17.6 Å². The summed E-state index contributed by atoms with van der Waals surface area (Å²) in [6.45, 7) is 3.66. The summed E-state index contributed by atoms with van der Waals surface area (Å²) in [6.07, 6.45) is 2.65. The molecule has 2 saturated heterocycles. The predicted molar refractivity (Wildman–Crippen MR) is 65.4 cm³/mol. The molecule has 0 aliphatic carbocycles. The van der Waals surface area contributed by atoms with Crippen LogP contribution < -0.4 is 10.6 Å². The van der Waals surface area contributed by atoms with Crippen molar-refractivity contribution in [3.05, 3.63) is 0 Å². The van der Waals surface area contributed by atoms with E-state index in [0.29, 0.717) is 13.0 Å². The lowest BCUT2D eigenvalue weighted by atomic mass is 10.00. The standard InChI is InChI=1S/C11H20N2O3S/c1-11(4-2-5-13-11)8-12-10(14)9-3-6-17(15,16)7-9/h9,13H,2-8H2,1H3,(H,12,14). The van der Waals surface area contributed by atoms with Crippen molar-refractivity contribution in [2.24, 2.45) is 5.92 Å². The smallest absolute Gasteiger partial charge is 0.224 e. The lowest BCUT2D eigenvalue weighted by Crippen LogP contribution is -2.48. The number of rotatable bonds is 3. The molecule has 1 amide bonds. The lowest BCUT2D eigenvalue weighted by molar-refractivity contribution is -0.124. The molecule has 17 heavy (non-hydrogen) atoms. The van der Waals surface area contributed by atoms with Gasteiger partial charge in [-0.1, -0.05) is 0 Å². The second kappa shape index (κ2) is 4.57. The van der Waals surface area contributed by atoms with Gasteiger partial charge in [0.05, 0.1) is 17.4 Å². The van der Waals surface area contributed by atoms with Crippen LogP contribution in [0.25, 0.3) is 0 Å². The average molecular weight is 260 g/mol. The minimum atomic E-state index is -2.97. The molecule has 2 unspecified atom stereocenters. The van der Waals surface area contributed by atoms with E-state index in [1.807, 2.05) is 0 Å². The molecule has 2 N–H and O–H groups in total. The summed E-state index contributed by atoms with van der Waals surface area (Å²) in [4.78, 5) is 11.8. The third kappa shape index (κ3) is 3.19. The predicted octanol–water partition coefficient (Wildman–Crippen LogP) is -0.321. The number of hydrogen-bond acceptors (Lipinski definition) is 4. The Balaban J connectivity index is 1.82. The summed E-state index contributed by atoms with van der Waals surface area (Å²) < 4.78 is 22.6. The Hall–Kier alpha value is -0.620. The molecule has 0 spiro atoms. The maximum Gasteiger partial charge on any atom is 0.224 e. The van der Waals surface area contributed by atoms with Crippen molar-refractivity contribution in [3.63, 3.8) is 0 Å². The molecule has 2 aliphatic heterocycles. The van der Waals surface area contributed by atoms with Gasteiger partial charge in [0.15, 0.2) is 9.84 Å². The first-order valence-corrected chi connectivity index (χ1v) is 7.96. The number of hydrogen-bond donors (Lipinski definition) is 2. The molecule has 0 saturated carbocycles. The lowest BCUT2D eigenvalue weighted by Gasteiger charge is -2.25. The SMILES string of the molecule is CC1(CNC(=O)C2CCS(=O)(=O)C2)CCCN1. The maximum atomic E-state index is 11.8. The molecule has 0 aromatic heterocycles. The zero-order chi connectivity index (χ0) is 12.5. The van der Waals surface area contributed by atoms with Gasteiger partial charge in [0.2, 0.25) is 5.91 Å². The van der Waals surface area contributed by atoms with Crippen LogP contribution in [0, 0.1) is 5.92 Å².